The minimum atomic E-state index is -4.36. The number of Topliss-reactive ketones (excluding diaryl/α,β-unsaturated/α-hetero) is 1. The summed E-state index contributed by atoms with van der Waals surface area (Å²) < 4.78 is 39.3. The molecule has 1 heterocycles. The molecule has 2 atom stereocenters. The Kier molecular flexibility index (Phi) is 9.20. The number of likely N-dealkylation sites (tertiary alicyclic amines) is 1. The summed E-state index contributed by atoms with van der Waals surface area (Å²) in [6.07, 6.45) is -0.210. The summed E-state index contributed by atoms with van der Waals surface area (Å²) >= 11 is 0. The maximum absolute atomic E-state index is 13.1. The predicted octanol–water partition coefficient (Wildman–Crippen LogP) is 8.32. The summed E-state index contributed by atoms with van der Waals surface area (Å²) in [6, 6.07) is 11.7. The molecule has 1 aliphatic heterocycles. The van der Waals surface area contributed by atoms with E-state index in [9.17, 15) is 18.0 Å². The van der Waals surface area contributed by atoms with Gasteiger partial charge in [-0.1, -0.05) is 58.0 Å². The zero-order valence-corrected chi connectivity index (χ0v) is 21.8. The summed E-state index contributed by atoms with van der Waals surface area (Å²) in [5, 5.41) is 0. The lowest BCUT2D eigenvalue weighted by molar-refractivity contribution is -0.137. The second-order valence-electron chi connectivity index (χ2n) is 11.1. The molecular weight excluding hydrogens is 447 g/mol. The van der Waals surface area contributed by atoms with Crippen LogP contribution in [0.3, 0.4) is 0 Å². The van der Waals surface area contributed by atoms with E-state index in [4.69, 9.17) is 0 Å². The fraction of sp³-hybridized carbons (Fsp3) is 0.567. The lowest BCUT2D eigenvalue weighted by Crippen LogP contribution is -2.35. The van der Waals surface area contributed by atoms with E-state index in [1.54, 1.807) is 19.1 Å². The van der Waals surface area contributed by atoms with Crippen molar-refractivity contribution in [3.8, 4) is 11.1 Å². The second-order valence-corrected chi connectivity index (χ2v) is 11.1. The van der Waals surface area contributed by atoms with Crippen LogP contribution in [0.4, 0.5) is 13.2 Å². The van der Waals surface area contributed by atoms with Crippen LogP contribution in [0.15, 0.2) is 42.5 Å². The molecule has 0 aliphatic carbocycles. The first-order valence-electron chi connectivity index (χ1n) is 13.0. The number of hydrogen-bond donors (Lipinski definition) is 0. The van der Waals surface area contributed by atoms with Crippen LogP contribution in [0, 0.1) is 11.8 Å². The largest absolute Gasteiger partial charge is 0.416 e. The van der Waals surface area contributed by atoms with Crippen molar-refractivity contribution in [2.75, 3.05) is 19.6 Å². The molecule has 2 nitrogen and oxygen atoms in total. The molecule has 5 heteroatoms. The molecule has 1 aliphatic rings. The van der Waals surface area contributed by atoms with E-state index < -0.39 is 11.7 Å². The van der Waals surface area contributed by atoms with E-state index in [0.717, 1.165) is 67.7 Å². The molecular formula is C30H40F3NO. The van der Waals surface area contributed by atoms with E-state index in [0.29, 0.717) is 17.8 Å². The molecule has 0 N–H and O–H groups in total. The van der Waals surface area contributed by atoms with Gasteiger partial charge >= 0.3 is 6.18 Å². The second kappa shape index (κ2) is 11.7. The molecule has 0 amide bonds. The number of hydrogen-bond acceptors (Lipinski definition) is 2. The summed E-state index contributed by atoms with van der Waals surface area (Å²) in [5.41, 5.74) is 3.17. The summed E-state index contributed by atoms with van der Waals surface area (Å²) in [4.78, 5) is 15.2. The Morgan fingerprint density at radius 3 is 2.26 bits per heavy atom. The Morgan fingerprint density at radius 1 is 1.00 bits per heavy atom. The minimum Gasteiger partial charge on any atom is -0.303 e. The van der Waals surface area contributed by atoms with Gasteiger partial charge in [0.25, 0.3) is 0 Å². The summed E-state index contributed by atoms with van der Waals surface area (Å²) in [6.45, 7) is 13.6. The highest BCUT2D eigenvalue weighted by Gasteiger charge is 2.30. The summed E-state index contributed by atoms with van der Waals surface area (Å²) in [5.74, 6) is 1.32. The molecule has 35 heavy (non-hydrogen) atoms. The lowest BCUT2D eigenvalue weighted by Gasteiger charge is -2.34. The quantitative estimate of drug-likeness (QED) is 0.354. The van der Waals surface area contributed by atoms with Crippen LogP contribution in [0.5, 0.6) is 0 Å². The van der Waals surface area contributed by atoms with Gasteiger partial charge < -0.3 is 4.90 Å². The number of alkyl halides is 3. The van der Waals surface area contributed by atoms with E-state index in [-0.39, 0.29) is 11.7 Å². The van der Waals surface area contributed by atoms with Gasteiger partial charge in [0, 0.05) is 12.5 Å². The van der Waals surface area contributed by atoms with Crippen LogP contribution in [0.2, 0.25) is 0 Å². The first-order valence-corrected chi connectivity index (χ1v) is 13.0. The highest BCUT2D eigenvalue weighted by atomic mass is 19.4. The molecule has 1 fully saturated rings. The number of rotatable bonds is 9. The molecule has 2 aromatic rings. The monoisotopic (exact) mass is 487 g/mol. The Balaban J connectivity index is 2.00. The third-order valence-electron chi connectivity index (χ3n) is 7.12. The first kappa shape index (κ1) is 27.4. The number of halogens is 3. The number of benzene rings is 2. The van der Waals surface area contributed by atoms with Crippen molar-refractivity contribution in [1.82, 2.24) is 4.90 Å². The van der Waals surface area contributed by atoms with Gasteiger partial charge in [0.15, 0.2) is 0 Å². The zero-order valence-electron chi connectivity index (χ0n) is 21.8. The number of carbonyl (C=O) groups is 1. The van der Waals surface area contributed by atoms with Crippen molar-refractivity contribution in [2.45, 2.75) is 78.3 Å². The van der Waals surface area contributed by atoms with E-state index in [2.05, 4.69) is 44.7 Å². The molecule has 2 aromatic carbocycles. The highest BCUT2D eigenvalue weighted by molar-refractivity contribution is 5.84. The molecule has 0 radical (unpaired) electrons. The van der Waals surface area contributed by atoms with Gasteiger partial charge in [-0.05, 0) is 97.8 Å². The third kappa shape index (κ3) is 7.67. The van der Waals surface area contributed by atoms with Crippen molar-refractivity contribution < 1.29 is 18.0 Å². The van der Waals surface area contributed by atoms with E-state index in [1.165, 1.54) is 12.0 Å². The summed E-state index contributed by atoms with van der Waals surface area (Å²) in [7, 11) is 0. The maximum atomic E-state index is 13.1. The number of ketones is 1. The van der Waals surface area contributed by atoms with Crippen LogP contribution in [0.25, 0.3) is 11.1 Å². The van der Waals surface area contributed by atoms with Crippen LogP contribution in [0.1, 0.15) is 88.8 Å². The normalized spacial score (nSPS) is 18.3. The van der Waals surface area contributed by atoms with Gasteiger partial charge in [-0.15, -0.1) is 0 Å². The van der Waals surface area contributed by atoms with E-state index in [1.807, 2.05) is 6.07 Å². The van der Waals surface area contributed by atoms with Crippen molar-refractivity contribution in [2.24, 2.45) is 11.8 Å². The van der Waals surface area contributed by atoms with Gasteiger partial charge in [0.1, 0.15) is 5.78 Å². The molecule has 2 unspecified atom stereocenters. The van der Waals surface area contributed by atoms with Gasteiger partial charge in [0.05, 0.1) is 5.56 Å². The molecule has 0 bridgehead atoms. The van der Waals surface area contributed by atoms with Crippen LogP contribution >= 0.6 is 0 Å². The van der Waals surface area contributed by atoms with Crippen molar-refractivity contribution in [3.63, 3.8) is 0 Å². The third-order valence-corrected chi connectivity index (χ3v) is 7.12. The Bertz CT molecular complexity index is 978. The lowest BCUT2D eigenvalue weighted by atomic mass is 9.82. The van der Waals surface area contributed by atoms with Crippen molar-refractivity contribution >= 4 is 5.78 Å². The average molecular weight is 488 g/mol. The molecule has 192 valence electrons. The Labute approximate surface area is 208 Å². The van der Waals surface area contributed by atoms with Crippen LogP contribution in [-0.4, -0.2) is 30.3 Å². The standard InChI is InChI=1S/C30H40F3NO/c1-20(2)12-14-34-13-6-7-24(19-34)26-16-25(23-8-10-28(11-9-23)30(31,32)33)17-27(18-26)29(22(5)35)15-21(3)4/h8-11,16-18,20-21,24,29H,6-7,12-15,19H2,1-5H3. The Morgan fingerprint density at radius 2 is 1.69 bits per heavy atom. The van der Waals surface area contributed by atoms with Crippen LogP contribution < -0.4 is 0 Å². The van der Waals surface area contributed by atoms with Crippen molar-refractivity contribution in [3.05, 3.63) is 59.2 Å². The average Bonchev–Trinajstić information content (AvgIpc) is 2.80. The molecule has 0 spiro atoms. The minimum absolute atomic E-state index is 0.136. The number of carbonyl (C=O) groups excluding carboxylic acids is 1. The topological polar surface area (TPSA) is 20.3 Å². The zero-order chi connectivity index (χ0) is 25.8. The fourth-order valence-corrected chi connectivity index (χ4v) is 5.11. The number of piperidine rings is 1. The highest BCUT2D eigenvalue weighted by Crippen LogP contribution is 2.37. The maximum Gasteiger partial charge on any atom is 0.416 e. The molecule has 0 aromatic heterocycles. The van der Waals surface area contributed by atoms with Crippen molar-refractivity contribution in [1.29, 1.82) is 0 Å². The van der Waals surface area contributed by atoms with Gasteiger partial charge in [-0.3, -0.25) is 4.79 Å². The Hall–Kier alpha value is -2.14. The molecule has 0 saturated carbocycles. The van der Waals surface area contributed by atoms with Gasteiger partial charge in [-0.25, -0.2) is 0 Å². The van der Waals surface area contributed by atoms with Crippen LogP contribution in [-0.2, 0) is 11.0 Å². The van der Waals surface area contributed by atoms with Gasteiger partial charge in [0.2, 0.25) is 0 Å². The fourth-order valence-electron chi connectivity index (χ4n) is 5.11. The molecule has 3 rings (SSSR count). The number of nitrogens with zero attached hydrogens (tertiary/aromatic N) is 1. The molecule has 1 saturated heterocycles. The SMILES string of the molecule is CC(=O)C(CC(C)C)c1cc(-c2ccc(C(F)(F)F)cc2)cc(C2CCCN(CCC(C)C)C2)c1. The smallest absolute Gasteiger partial charge is 0.303 e. The predicted molar refractivity (Wildman–Crippen MR) is 138 cm³/mol. The van der Waals surface area contributed by atoms with Gasteiger partial charge in [-0.2, -0.15) is 13.2 Å². The first-order chi connectivity index (χ1) is 16.4. The van der Waals surface area contributed by atoms with E-state index >= 15 is 0 Å².